The summed E-state index contributed by atoms with van der Waals surface area (Å²) in [5.41, 5.74) is -1.94. The minimum absolute atomic E-state index is 0.0111. The zero-order valence-corrected chi connectivity index (χ0v) is 29.0. The van der Waals surface area contributed by atoms with Gasteiger partial charge in [0.25, 0.3) is 0 Å². The molecule has 46 heavy (non-hydrogen) atoms. The van der Waals surface area contributed by atoms with Crippen molar-refractivity contribution in [1.29, 1.82) is 0 Å². The lowest BCUT2D eigenvalue weighted by molar-refractivity contribution is -0.151. The van der Waals surface area contributed by atoms with Gasteiger partial charge in [-0.25, -0.2) is 4.79 Å². The van der Waals surface area contributed by atoms with Crippen molar-refractivity contribution in [3.05, 3.63) is 36.0 Å². The summed E-state index contributed by atoms with van der Waals surface area (Å²) >= 11 is 0. The van der Waals surface area contributed by atoms with E-state index in [1.54, 1.807) is 49.1 Å². The number of likely N-dealkylation sites (N-methyl/N-ethyl adjacent to an activating group) is 1. The van der Waals surface area contributed by atoms with E-state index >= 15 is 0 Å². The minimum atomic E-state index is -1.49. The van der Waals surface area contributed by atoms with Gasteiger partial charge in [-0.1, -0.05) is 45.1 Å². The first kappa shape index (κ1) is 38.2. The van der Waals surface area contributed by atoms with Crippen LogP contribution in [0.2, 0.25) is 0 Å². The van der Waals surface area contributed by atoms with Crippen molar-refractivity contribution in [3.63, 3.8) is 0 Å². The molecule has 4 N–H and O–H groups in total. The fourth-order valence-corrected chi connectivity index (χ4v) is 6.20. The highest BCUT2D eigenvalue weighted by atomic mass is 16.6. The second-order valence-electron chi connectivity index (χ2n) is 14.3. The number of epoxide rings is 1. The number of aliphatic hydroxyl groups excluding tert-OH is 2. The Labute approximate surface area is 274 Å². The molecule has 2 fully saturated rings. The molecule has 3 aliphatic rings. The smallest absolute Gasteiger partial charge is 0.410 e. The Hall–Kier alpha value is -2.28. The maximum atomic E-state index is 13.2. The third kappa shape index (κ3) is 10.9. The van der Waals surface area contributed by atoms with E-state index in [4.69, 9.17) is 14.2 Å². The zero-order valence-electron chi connectivity index (χ0n) is 29.0. The number of hydrogen-bond donors (Lipinski definition) is 4. The lowest BCUT2D eigenvalue weighted by Gasteiger charge is -2.39. The van der Waals surface area contributed by atoms with E-state index < -0.39 is 47.7 Å². The van der Waals surface area contributed by atoms with E-state index in [2.05, 4.69) is 4.90 Å². The predicted molar refractivity (Wildman–Crippen MR) is 175 cm³/mol. The number of piperazine rings is 1. The predicted octanol–water partition coefficient (Wildman–Crippen LogP) is 3.35. The number of allylic oxidation sites excluding steroid dienone is 2. The molecule has 0 bridgehead atoms. The number of ether oxygens (including phenoxy) is 3. The molecule has 262 valence electrons. The average Bonchev–Trinajstić information content (AvgIpc) is 3.74. The summed E-state index contributed by atoms with van der Waals surface area (Å²) in [5.74, 6) is -0.948. The van der Waals surface area contributed by atoms with E-state index in [9.17, 15) is 30.0 Å². The van der Waals surface area contributed by atoms with Crippen LogP contribution in [0.3, 0.4) is 0 Å². The fourth-order valence-electron chi connectivity index (χ4n) is 6.20. The number of rotatable bonds is 9. The molecule has 0 saturated carbocycles. The Bertz CT molecular complexity index is 1120. The number of aliphatic hydroxyl groups is 4. The first-order valence-electron chi connectivity index (χ1n) is 16.8. The summed E-state index contributed by atoms with van der Waals surface area (Å²) in [5, 5.41) is 43.1. The number of hydrogen-bond acceptors (Lipinski definition) is 10. The molecule has 0 aromatic heterocycles. The van der Waals surface area contributed by atoms with Crippen molar-refractivity contribution in [2.24, 2.45) is 11.8 Å². The summed E-state index contributed by atoms with van der Waals surface area (Å²) in [7, 11) is 2.01. The quantitative estimate of drug-likeness (QED) is 0.127. The van der Waals surface area contributed by atoms with E-state index in [1.807, 2.05) is 41.7 Å². The molecule has 3 aliphatic heterocycles. The summed E-state index contributed by atoms with van der Waals surface area (Å²) in [4.78, 5) is 29.8. The lowest BCUT2D eigenvalue weighted by Crippen LogP contribution is -2.53. The molecule has 0 aliphatic carbocycles. The van der Waals surface area contributed by atoms with Crippen molar-refractivity contribution in [1.82, 2.24) is 9.80 Å². The van der Waals surface area contributed by atoms with Gasteiger partial charge in [-0.3, -0.25) is 4.79 Å². The van der Waals surface area contributed by atoms with Crippen LogP contribution in [0.25, 0.3) is 0 Å². The van der Waals surface area contributed by atoms with E-state index in [0.29, 0.717) is 31.5 Å². The first-order valence-corrected chi connectivity index (χ1v) is 16.8. The maximum Gasteiger partial charge on any atom is 0.410 e. The molecule has 11 heteroatoms. The van der Waals surface area contributed by atoms with Gasteiger partial charge < -0.3 is 44.4 Å². The lowest BCUT2D eigenvalue weighted by atomic mass is 9.88. The van der Waals surface area contributed by atoms with Crippen LogP contribution in [0, 0.1) is 11.8 Å². The van der Waals surface area contributed by atoms with Gasteiger partial charge in [0.05, 0.1) is 36.4 Å². The summed E-state index contributed by atoms with van der Waals surface area (Å²) in [6, 6.07) is 0.175. The van der Waals surface area contributed by atoms with Gasteiger partial charge >= 0.3 is 12.1 Å². The van der Waals surface area contributed by atoms with Crippen molar-refractivity contribution < 1.29 is 44.2 Å². The average molecular weight is 651 g/mol. The molecule has 0 aromatic carbocycles. The van der Waals surface area contributed by atoms with E-state index in [-0.39, 0.29) is 49.3 Å². The molecule has 0 radical (unpaired) electrons. The topological polar surface area (TPSA) is 153 Å². The van der Waals surface area contributed by atoms with Gasteiger partial charge in [0, 0.05) is 43.9 Å². The second kappa shape index (κ2) is 16.2. The van der Waals surface area contributed by atoms with Crippen LogP contribution < -0.4 is 0 Å². The number of amides is 1. The Balaban J connectivity index is 1.75. The Kier molecular flexibility index (Phi) is 13.5. The maximum absolute atomic E-state index is 13.2. The van der Waals surface area contributed by atoms with Gasteiger partial charge in [-0.15, -0.1) is 0 Å². The number of carbonyl (C=O) groups is 2. The van der Waals surface area contributed by atoms with Crippen LogP contribution in [-0.4, -0.2) is 123 Å². The Morgan fingerprint density at radius 3 is 2.63 bits per heavy atom. The molecule has 11 nitrogen and oxygen atoms in total. The van der Waals surface area contributed by atoms with E-state index in [1.165, 1.54) is 0 Å². The molecule has 2 saturated heterocycles. The highest BCUT2D eigenvalue weighted by Crippen LogP contribution is 2.37. The monoisotopic (exact) mass is 650 g/mol. The van der Waals surface area contributed by atoms with Gasteiger partial charge in [0.1, 0.15) is 11.7 Å². The number of cyclic esters (lactones) is 1. The molecular formula is C35H58N2O9. The van der Waals surface area contributed by atoms with Crippen molar-refractivity contribution in [3.8, 4) is 0 Å². The van der Waals surface area contributed by atoms with Gasteiger partial charge in [0.15, 0.2) is 6.10 Å². The van der Waals surface area contributed by atoms with Gasteiger partial charge in [0.2, 0.25) is 0 Å². The fraction of sp³-hybridized carbons (Fsp3) is 0.771. The third-order valence-corrected chi connectivity index (χ3v) is 9.81. The molecule has 11 atom stereocenters. The van der Waals surface area contributed by atoms with Gasteiger partial charge in [-0.2, -0.15) is 0 Å². The van der Waals surface area contributed by atoms with Crippen molar-refractivity contribution >= 4 is 12.1 Å². The number of carbonyl (C=O) groups excluding carboxylic acids is 2. The standard InChI is InChI=1S/C35H58N2O9/c1-9-27(39)25(5)32-28(44-32)20-34(6,42)15-10-11-22(2)31-23(3)12-13-29(35(7,43)16-14-26(38)19-30(40)46-31)45-33(41)37-18-17-36(8)24(4)21-37/h10-13,15,23-29,31-32,38-39,42-43H,9,14,16-21H2,1-8H3/b13-12+,15-10+,22-11+/t23?,24-,25?,26?,27?,28?,29?,31?,32?,34?,35?/m0/s1. The molecular weight excluding hydrogens is 592 g/mol. The second-order valence-corrected chi connectivity index (χ2v) is 14.3. The van der Waals surface area contributed by atoms with Crippen LogP contribution in [-0.2, 0) is 19.0 Å². The molecule has 0 aromatic rings. The van der Waals surface area contributed by atoms with Crippen molar-refractivity contribution in [2.75, 3.05) is 26.7 Å². The molecule has 3 heterocycles. The minimum Gasteiger partial charge on any atom is -0.457 e. The van der Waals surface area contributed by atoms with Crippen LogP contribution in [0.5, 0.6) is 0 Å². The highest BCUT2D eigenvalue weighted by molar-refractivity contribution is 5.70. The third-order valence-electron chi connectivity index (χ3n) is 9.81. The largest absolute Gasteiger partial charge is 0.457 e. The highest BCUT2D eigenvalue weighted by Gasteiger charge is 2.47. The Morgan fingerprint density at radius 2 is 1.98 bits per heavy atom. The zero-order chi connectivity index (χ0) is 34.4. The number of esters is 1. The SMILES string of the molecule is CCC(O)C(C)C1OC1CC(C)(O)/C=C/C=C(\C)C1OC(=O)CC(O)CCC(C)(O)C(OC(=O)N2CCN(C)[C@@H](C)C2)/C=C/C1C. The van der Waals surface area contributed by atoms with Crippen LogP contribution in [0.4, 0.5) is 4.79 Å². The molecule has 3 rings (SSSR count). The number of nitrogens with zero attached hydrogens (tertiary/aromatic N) is 2. The molecule has 1 amide bonds. The Morgan fingerprint density at radius 1 is 1.28 bits per heavy atom. The van der Waals surface area contributed by atoms with Crippen LogP contribution in [0.15, 0.2) is 36.0 Å². The molecule has 10 unspecified atom stereocenters. The summed E-state index contributed by atoms with van der Waals surface area (Å²) < 4.78 is 17.5. The molecule has 0 spiro atoms. The normalized spacial score (nSPS) is 37.0. The van der Waals surface area contributed by atoms with Crippen molar-refractivity contribution in [2.45, 2.75) is 134 Å². The van der Waals surface area contributed by atoms with Crippen LogP contribution >= 0.6 is 0 Å². The summed E-state index contributed by atoms with van der Waals surface area (Å²) in [6.45, 7) is 14.6. The van der Waals surface area contributed by atoms with Gasteiger partial charge in [-0.05, 0) is 65.7 Å². The van der Waals surface area contributed by atoms with Crippen LogP contribution in [0.1, 0.15) is 80.6 Å². The van der Waals surface area contributed by atoms with E-state index in [0.717, 1.165) is 6.54 Å². The summed E-state index contributed by atoms with van der Waals surface area (Å²) in [6.07, 6.45) is 5.69. The first-order chi connectivity index (χ1) is 21.4.